The molecule has 154 valence electrons. The number of nitrogens with two attached hydrogens (primary N) is 1. The lowest BCUT2D eigenvalue weighted by atomic mass is 10.1. The van der Waals surface area contributed by atoms with Crippen LogP contribution in [0.5, 0.6) is 5.75 Å². The van der Waals surface area contributed by atoms with Crippen LogP contribution in [-0.2, 0) is 11.1 Å². The van der Waals surface area contributed by atoms with E-state index in [4.69, 9.17) is 5.73 Å². The van der Waals surface area contributed by atoms with Crippen molar-refractivity contribution in [2.24, 2.45) is 20.5 Å². The quantitative estimate of drug-likeness (QED) is 0.188. The number of aromatic hydroxyl groups is 1. The van der Waals surface area contributed by atoms with E-state index in [2.05, 4.69) is 20.5 Å². The van der Waals surface area contributed by atoms with Crippen molar-refractivity contribution >= 4 is 50.3 Å². The van der Waals surface area contributed by atoms with Gasteiger partial charge in [0.15, 0.2) is 16.8 Å². The molecule has 0 aliphatic carbocycles. The largest absolute Gasteiger partial charge is 0.505 e. The van der Waals surface area contributed by atoms with Gasteiger partial charge in [-0.15, -0.1) is 10.2 Å². The number of azo groups is 2. The van der Waals surface area contributed by atoms with E-state index in [1.165, 1.54) is 6.07 Å². The molecule has 4 aromatic rings. The maximum absolute atomic E-state index is 11.9. The van der Waals surface area contributed by atoms with Crippen LogP contribution in [0, 0.1) is 0 Å². The molecular weight excluding hydrogens is 414 g/mol. The Labute approximate surface area is 180 Å². The molecule has 4 N–H and O–H groups in total. The normalized spacial score (nSPS) is 12.7. The predicted molar refractivity (Wildman–Crippen MR) is 120 cm³/mol. The summed E-state index contributed by atoms with van der Waals surface area (Å²) in [5.74, 6) is -0.358. The van der Waals surface area contributed by atoms with Crippen LogP contribution >= 0.6 is 0 Å². The first-order valence-electron chi connectivity index (χ1n) is 9.17. The highest BCUT2D eigenvalue weighted by Crippen LogP contribution is 2.45. The summed E-state index contributed by atoms with van der Waals surface area (Å²) in [4.78, 5) is -0.0808. The van der Waals surface area contributed by atoms with Gasteiger partial charge in [0.2, 0.25) is 0 Å². The van der Waals surface area contributed by atoms with Crippen LogP contribution in [0.15, 0.2) is 104 Å². The summed E-state index contributed by atoms with van der Waals surface area (Å²) in [6, 6.07) is 22.7. The minimum atomic E-state index is -2.40. The zero-order valence-corrected chi connectivity index (χ0v) is 16.9. The summed E-state index contributed by atoms with van der Waals surface area (Å²) in [6.45, 7) is 0. The van der Waals surface area contributed by atoms with E-state index < -0.39 is 11.1 Å². The monoisotopic (exact) mass is 431 g/mol. The van der Waals surface area contributed by atoms with E-state index in [0.29, 0.717) is 22.4 Å². The number of anilines is 1. The molecule has 0 aliphatic heterocycles. The van der Waals surface area contributed by atoms with Crippen molar-refractivity contribution < 1.29 is 13.9 Å². The highest BCUT2D eigenvalue weighted by Gasteiger charge is 2.19. The summed E-state index contributed by atoms with van der Waals surface area (Å²) in [5.41, 5.74) is 7.81. The third-order valence-corrected chi connectivity index (χ3v) is 5.16. The van der Waals surface area contributed by atoms with Crippen LogP contribution < -0.4 is 5.73 Å². The number of benzene rings is 4. The average Bonchev–Trinajstić information content (AvgIpc) is 2.79. The maximum atomic E-state index is 11.9. The predicted octanol–water partition coefficient (Wildman–Crippen LogP) is 6.54. The highest BCUT2D eigenvalue weighted by atomic mass is 32.2. The molecule has 0 spiro atoms. The van der Waals surface area contributed by atoms with Gasteiger partial charge in [0.25, 0.3) is 0 Å². The van der Waals surface area contributed by atoms with Crippen molar-refractivity contribution in [3.63, 3.8) is 0 Å². The van der Waals surface area contributed by atoms with E-state index in [-0.39, 0.29) is 27.4 Å². The molecule has 0 saturated heterocycles. The van der Waals surface area contributed by atoms with Gasteiger partial charge in [-0.3, -0.25) is 0 Å². The fraction of sp³-hybridized carbons (Fsp3) is 0. The summed E-state index contributed by atoms with van der Waals surface area (Å²) in [5, 5.41) is 28.0. The second-order valence-electron chi connectivity index (χ2n) is 6.49. The Balaban J connectivity index is 1.85. The molecule has 4 rings (SSSR count). The molecule has 4 aromatic carbocycles. The smallest absolute Gasteiger partial charge is 0.188 e. The zero-order valence-electron chi connectivity index (χ0n) is 16.1. The maximum Gasteiger partial charge on any atom is 0.188 e. The SMILES string of the molecule is Nc1c(N=Nc2ccccc2)ccc2cc(S(=O)O)c(N=Nc3ccccc3)c(O)c12. The Hall–Kier alpha value is -3.95. The summed E-state index contributed by atoms with van der Waals surface area (Å²) < 4.78 is 21.6. The first-order chi connectivity index (χ1) is 15.0. The fourth-order valence-corrected chi connectivity index (χ4v) is 3.51. The van der Waals surface area contributed by atoms with E-state index >= 15 is 0 Å². The van der Waals surface area contributed by atoms with Crippen LogP contribution in [0.25, 0.3) is 10.8 Å². The fourth-order valence-electron chi connectivity index (χ4n) is 2.98. The topological polar surface area (TPSA) is 133 Å². The number of phenolic OH excluding ortho intramolecular Hbond substituents is 1. The third-order valence-electron chi connectivity index (χ3n) is 4.48. The Morgan fingerprint density at radius 2 is 1.35 bits per heavy atom. The van der Waals surface area contributed by atoms with Crippen LogP contribution in [0.1, 0.15) is 0 Å². The summed E-state index contributed by atoms with van der Waals surface area (Å²) in [6.07, 6.45) is 0. The van der Waals surface area contributed by atoms with Gasteiger partial charge in [-0.05, 0) is 41.8 Å². The van der Waals surface area contributed by atoms with Crippen molar-refractivity contribution in [1.29, 1.82) is 0 Å². The lowest BCUT2D eigenvalue weighted by Crippen LogP contribution is -1.94. The Bertz CT molecular complexity index is 1330. The number of nitrogen functional groups attached to an aromatic ring is 1. The van der Waals surface area contributed by atoms with Crippen LogP contribution in [-0.4, -0.2) is 13.9 Å². The molecular formula is C22H17N5O3S. The van der Waals surface area contributed by atoms with Crippen molar-refractivity contribution in [2.45, 2.75) is 4.90 Å². The zero-order chi connectivity index (χ0) is 21.8. The van der Waals surface area contributed by atoms with Crippen molar-refractivity contribution in [3.05, 3.63) is 78.9 Å². The van der Waals surface area contributed by atoms with Crippen molar-refractivity contribution in [1.82, 2.24) is 0 Å². The van der Waals surface area contributed by atoms with Gasteiger partial charge in [0.1, 0.15) is 11.4 Å². The van der Waals surface area contributed by atoms with Crippen LogP contribution in [0.2, 0.25) is 0 Å². The Morgan fingerprint density at radius 3 is 1.94 bits per heavy atom. The molecule has 0 bridgehead atoms. The van der Waals surface area contributed by atoms with Crippen LogP contribution in [0.3, 0.4) is 0 Å². The first kappa shape index (κ1) is 20.3. The van der Waals surface area contributed by atoms with E-state index in [1.54, 1.807) is 48.5 Å². The van der Waals surface area contributed by atoms with Gasteiger partial charge in [-0.2, -0.15) is 10.2 Å². The molecule has 0 heterocycles. The molecule has 0 saturated carbocycles. The standard InChI is InChI=1S/C22H17N5O3S/c23-20-17(26-24-15-7-3-1-4-8-15)12-11-14-13-18(31(29)30)21(22(28)19(14)20)27-25-16-9-5-2-6-10-16/h1-13,28H,23H2,(H,29,30). The van der Waals surface area contributed by atoms with Gasteiger partial charge in [-0.1, -0.05) is 42.5 Å². The summed E-state index contributed by atoms with van der Waals surface area (Å²) >= 11 is -2.40. The van der Waals surface area contributed by atoms with Gasteiger partial charge in [0, 0.05) is 0 Å². The second-order valence-corrected chi connectivity index (χ2v) is 7.43. The third kappa shape index (κ3) is 4.32. The number of phenols is 1. The lowest BCUT2D eigenvalue weighted by molar-refractivity contribution is 0.480. The lowest BCUT2D eigenvalue weighted by Gasteiger charge is -2.11. The number of hydrogen-bond acceptors (Lipinski definition) is 7. The number of nitrogens with zero attached hydrogens (tertiary/aromatic N) is 4. The highest BCUT2D eigenvalue weighted by molar-refractivity contribution is 7.79. The Kier molecular flexibility index (Phi) is 5.78. The van der Waals surface area contributed by atoms with Gasteiger partial charge >= 0.3 is 0 Å². The molecule has 1 atom stereocenters. The molecule has 31 heavy (non-hydrogen) atoms. The first-order valence-corrected chi connectivity index (χ1v) is 10.3. The van der Waals surface area contributed by atoms with Gasteiger partial charge in [0.05, 0.1) is 27.3 Å². The van der Waals surface area contributed by atoms with E-state index in [0.717, 1.165) is 0 Å². The molecule has 0 fully saturated rings. The average molecular weight is 431 g/mol. The van der Waals surface area contributed by atoms with Crippen LogP contribution in [0.4, 0.5) is 28.4 Å². The molecule has 1 unspecified atom stereocenters. The molecule has 0 radical (unpaired) electrons. The van der Waals surface area contributed by atoms with E-state index in [9.17, 15) is 13.9 Å². The molecule has 0 amide bonds. The van der Waals surface area contributed by atoms with Crippen molar-refractivity contribution in [3.8, 4) is 5.75 Å². The summed E-state index contributed by atoms with van der Waals surface area (Å²) in [7, 11) is 0. The van der Waals surface area contributed by atoms with Gasteiger partial charge < -0.3 is 15.4 Å². The molecule has 8 nitrogen and oxygen atoms in total. The minimum Gasteiger partial charge on any atom is -0.505 e. The Morgan fingerprint density at radius 1 is 0.774 bits per heavy atom. The van der Waals surface area contributed by atoms with Crippen molar-refractivity contribution in [2.75, 3.05) is 5.73 Å². The minimum absolute atomic E-state index is 0.0808. The number of hydrogen-bond donors (Lipinski definition) is 3. The molecule has 0 aromatic heterocycles. The molecule has 0 aliphatic rings. The second kappa shape index (κ2) is 8.82. The van der Waals surface area contributed by atoms with Gasteiger partial charge in [-0.25, -0.2) is 4.21 Å². The number of fused-ring (bicyclic) bond motifs is 1. The molecule has 9 heteroatoms. The van der Waals surface area contributed by atoms with E-state index in [1.807, 2.05) is 24.3 Å². The number of rotatable bonds is 5.